The van der Waals surface area contributed by atoms with Gasteiger partial charge >= 0.3 is 0 Å². The van der Waals surface area contributed by atoms with Crippen LogP contribution < -0.4 is 10.6 Å². The van der Waals surface area contributed by atoms with Crippen LogP contribution in [0.4, 0.5) is 0 Å². The Hall–Kier alpha value is -1.61. The van der Waals surface area contributed by atoms with E-state index in [1.807, 2.05) is 54.4 Å². The van der Waals surface area contributed by atoms with Crippen LogP contribution in [0.1, 0.15) is 11.1 Å². The van der Waals surface area contributed by atoms with E-state index in [-0.39, 0.29) is 36.4 Å². The normalized spacial score (nSPS) is 10.7. The van der Waals surface area contributed by atoms with Crippen LogP contribution in [0.3, 0.4) is 0 Å². The molecule has 2 rings (SSSR count). The summed E-state index contributed by atoms with van der Waals surface area (Å²) in [7, 11) is 3.65. The van der Waals surface area contributed by atoms with Crippen LogP contribution in [-0.2, 0) is 17.9 Å². The summed E-state index contributed by atoms with van der Waals surface area (Å²) in [5, 5.41) is 5.98. The highest BCUT2D eigenvalue weighted by molar-refractivity contribution is 14.0. The lowest BCUT2D eigenvalue weighted by molar-refractivity contribution is -0.120. The molecule has 2 aromatic rings. The van der Waals surface area contributed by atoms with Gasteiger partial charge in [0.25, 0.3) is 0 Å². The number of nitrogens with zero attached hydrogens (tertiary/aromatic N) is 2. The fourth-order valence-electron chi connectivity index (χ4n) is 2.34. The summed E-state index contributed by atoms with van der Waals surface area (Å²) in [6.07, 6.45) is 0. The van der Waals surface area contributed by atoms with Crippen molar-refractivity contribution in [2.24, 2.45) is 4.99 Å². The summed E-state index contributed by atoms with van der Waals surface area (Å²) in [4.78, 5) is 18.2. The zero-order valence-electron chi connectivity index (χ0n) is 14.9. The standard InChI is InChI=1S/C19H23BrN4O.HI/c1-21-19(24(2)14-16-8-10-17(20)11-9-16)23-13-18(25)22-12-15-6-4-3-5-7-15;/h3-11H,12-14H2,1-2H3,(H,21,23)(H,22,25);1H. The average molecular weight is 531 g/mol. The van der Waals surface area contributed by atoms with E-state index in [2.05, 4.69) is 43.7 Å². The zero-order valence-corrected chi connectivity index (χ0v) is 18.8. The molecule has 0 aliphatic carbocycles. The molecule has 0 unspecified atom stereocenters. The second-order valence-electron chi connectivity index (χ2n) is 5.65. The van der Waals surface area contributed by atoms with Gasteiger partial charge < -0.3 is 15.5 Å². The third kappa shape index (κ3) is 7.74. The van der Waals surface area contributed by atoms with Crippen molar-refractivity contribution in [1.82, 2.24) is 15.5 Å². The van der Waals surface area contributed by atoms with Crippen LogP contribution in [0.25, 0.3) is 0 Å². The largest absolute Gasteiger partial charge is 0.350 e. The van der Waals surface area contributed by atoms with Crippen LogP contribution in [0.15, 0.2) is 64.1 Å². The molecule has 0 saturated heterocycles. The molecule has 0 radical (unpaired) electrons. The predicted molar refractivity (Wildman–Crippen MR) is 121 cm³/mol. The fraction of sp³-hybridized carbons (Fsp3) is 0.263. The number of rotatable bonds is 6. The molecule has 0 spiro atoms. The molecule has 0 bridgehead atoms. The van der Waals surface area contributed by atoms with Crippen LogP contribution in [-0.4, -0.2) is 37.4 Å². The van der Waals surface area contributed by atoms with Gasteiger partial charge in [0.05, 0.1) is 6.54 Å². The Kier molecular flexibility index (Phi) is 10.3. The van der Waals surface area contributed by atoms with Crippen LogP contribution in [0.2, 0.25) is 0 Å². The lowest BCUT2D eigenvalue weighted by Crippen LogP contribution is -2.43. The molecular formula is C19H24BrIN4O. The van der Waals surface area contributed by atoms with E-state index in [4.69, 9.17) is 0 Å². The van der Waals surface area contributed by atoms with Crippen molar-refractivity contribution in [1.29, 1.82) is 0 Å². The monoisotopic (exact) mass is 530 g/mol. The van der Waals surface area contributed by atoms with Gasteiger partial charge in [-0.05, 0) is 23.3 Å². The van der Waals surface area contributed by atoms with Crippen molar-refractivity contribution in [2.45, 2.75) is 13.1 Å². The highest BCUT2D eigenvalue weighted by Gasteiger charge is 2.09. The Labute approximate surface area is 180 Å². The van der Waals surface area contributed by atoms with E-state index in [9.17, 15) is 4.79 Å². The van der Waals surface area contributed by atoms with Gasteiger partial charge in [0.15, 0.2) is 5.96 Å². The number of hydrogen-bond acceptors (Lipinski definition) is 2. The first kappa shape index (κ1) is 22.4. The second kappa shape index (κ2) is 11.9. The molecule has 5 nitrogen and oxygen atoms in total. The van der Waals surface area contributed by atoms with Crippen molar-refractivity contribution in [3.8, 4) is 0 Å². The summed E-state index contributed by atoms with van der Waals surface area (Å²) >= 11 is 3.43. The van der Waals surface area contributed by atoms with E-state index in [0.717, 1.165) is 10.0 Å². The number of amides is 1. The van der Waals surface area contributed by atoms with Crippen LogP contribution in [0, 0.1) is 0 Å². The average Bonchev–Trinajstić information content (AvgIpc) is 2.63. The number of hydrogen-bond donors (Lipinski definition) is 2. The minimum atomic E-state index is -0.0676. The van der Waals surface area contributed by atoms with Gasteiger partial charge in [0.1, 0.15) is 0 Å². The minimum absolute atomic E-state index is 0. The van der Waals surface area contributed by atoms with E-state index in [0.29, 0.717) is 19.0 Å². The maximum atomic E-state index is 12.0. The SMILES string of the molecule is CN=C(NCC(=O)NCc1ccccc1)N(C)Cc1ccc(Br)cc1.I. The number of guanidine groups is 1. The van der Waals surface area contributed by atoms with Crippen LogP contribution in [0.5, 0.6) is 0 Å². The number of carbonyl (C=O) groups is 1. The van der Waals surface area contributed by atoms with Crippen molar-refractivity contribution >= 4 is 51.8 Å². The Balaban J connectivity index is 0.00000338. The maximum Gasteiger partial charge on any atom is 0.239 e. The number of aliphatic imine (C=N–C) groups is 1. The van der Waals surface area contributed by atoms with Gasteiger partial charge in [-0.3, -0.25) is 9.79 Å². The highest BCUT2D eigenvalue weighted by atomic mass is 127. The van der Waals surface area contributed by atoms with Crippen molar-refractivity contribution in [3.63, 3.8) is 0 Å². The zero-order chi connectivity index (χ0) is 18.1. The third-order valence-corrected chi connectivity index (χ3v) is 4.17. The van der Waals surface area contributed by atoms with Crippen molar-refractivity contribution in [3.05, 3.63) is 70.2 Å². The van der Waals surface area contributed by atoms with Gasteiger partial charge in [-0.2, -0.15) is 0 Å². The van der Waals surface area contributed by atoms with Gasteiger partial charge in [-0.15, -0.1) is 24.0 Å². The second-order valence-corrected chi connectivity index (χ2v) is 6.56. The van der Waals surface area contributed by atoms with Crippen LogP contribution >= 0.6 is 39.9 Å². The van der Waals surface area contributed by atoms with E-state index < -0.39 is 0 Å². The number of nitrogens with one attached hydrogen (secondary N) is 2. The number of halogens is 2. The molecule has 0 aliphatic rings. The Morgan fingerprint density at radius 3 is 2.31 bits per heavy atom. The summed E-state index contributed by atoms with van der Waals surface area (Å²) < 4.78 is 1.05. The highest BCUT2D eigenvalue weighted by Crippen LogP contribution is 2.11. The van der Waals surface area contributed by atoms with Gasteiger partial charge in [0.2, 0.25) is 5.91 Å². The molecule has 7 heteroatoms. The van der Waals surface area contributed by atoms with Gasteiger partial charge in [-0.1, -0.05) is 58.4 Å². The molecule has 0 atom stereocenters. The minimum Gasteiger partial charge on any atom is -0.350 e. The Morgan fingerprint density at radius 2 is 1.69 bits per heavy atom. The van der Waals surface area contributed by atoms with E-state index >= 15 is 0 Å². The summed E-state index contributed by atoms with van der Waals surface area (Å²) in [5.41, 5.74) is 2.25. The molecule has 0 aliphatic heterocycles. The van der Waals surface area contributed by atoms with Crippen molar-refractivity contribution < 1.29 is 4.79 Å². The van der Waals surface area contributed by atoms with Gasteiger partial charge in [-0.25, -0.2) is 0 Å². The lowest BCUT2D eigenvalue weighted by Gasteiger charge is -2.22. The number of carbonyl (C=O) groups excluding carboxylic acids is 1. The van der Waals surface area contributed by atoms with Gasteiger partial charge in [0, 0.05) is 31.7 Å². The molecule has 0 aromatic heterocycles. The molecular weight excluding hydrogens is 507 g/mol. The molecule has 0 saturated carbocycles. The molecule has 0 fully saturated rings. The topological polar surface area (TPSA) is 56.7 Å². The molecule has 26 heavy (non-hydrogen) atoms. The van der Waals surface area contributed by atoms with Crippen molar-refractivity contribution in [2.75, 3.05) is 20.6 Å². The lowest BCUT2D eigenvalue weighted by atomic mass is 10.2. The van der Waals surface area contributed by atoms with E-state index in [1.165, 1.54) is 5.56 Å². The number of benzene rings is 2. The fourth-order valence-corrected chi connectivity index (χ4v) is 2.61. The first-order valence-electron chi connectivity index (χ1n) is 8.05. The third-order valence-electron chi connectivity index (χ3n) is 3.65. The predicted octanol–water partition coefficient (Wildman–Crippen LogP) is 3.39. The van der Waals surface area contributed by atoms with E-state index in [1.54, 1.807) is 7.05 Å². The summed E-state index contributed by atoms with van der Waals surface area (Å²) in [6, 6.07) is 18.0. The molecule has 140 valence electrons. The Morgan fingerprint density at radius 1 is 1.04 bits per heavy atom. The summed E-state index contributed by atoms with van der Waals surface area (Å²) in [5.74, 6) is 0.611. The first-order chi connectivity index (χ1) is 12.1. The Bertz CT molecular complexity index is 707. The maximum absolute atomic E-state index is 12.0. The summed E-state index contributed by atoms with van der Waals surface area (Å²) in [6.45, 7) is 1.41. The molecule has 2 N–H and O–H groups in total. The quantitative estimate of drug-likeness (QED) is 0.342. The smallest absolute Gasteiger partial charge is 0.239 e. The first-order valence-corrected chi connectivity index (χ1v) is 8.84. The molecule has 2 aromatic carbocycles. The molecule has 0 heterocycles. The molecule has 1 amide bonds.